The summed E-state index contributed by atoms with van der Waals surface area (Å²) in [6, 6.07) is 62.3. The van der Waals surface area contributed by atoms with E-state index in [-0.39, 0.29) is 0 Å². The molecule has 57 heavy (non-hydrogen) atoms. The van der Waals surface area contributed by atoms with Crippen molar-refractivity contribution in [3.8, 4) is 67.5 Å². The summed E-state index contributed by atoms with van der Waals surface area (Å²) in [4.78, 5) is 16.9. The average molecular weight is 743 g/mol. The zero-order valence-electron chi connectivity index (χ0n) is 32.4. The van der Waals surface area contributed by atoms with Gasteiger partial charge in [-0.05, 0) is 0 Å². The number of aromatic nitrogens is 6. The number of hydrogen-bond donors (Lipinski definition) is 0. The van der Waals surface area contributed by atoms with Gasteiger partial charge in [-0.3, -0.25) is 0 Å². The molecule has 0 saturated heterocycles. The van der Waals surface area contributed by atoms with E-state index in [0.29, 0.717) is 17.5 Å². The molecule has 0 bridgehead atoms. The Morgan fingerprint density at radius 1 is 0.333 bits per heavy atom. The van der Waals surface area contributed by atoms with E-state index >= 15 is 0 Å². The third-order valence-electron chi connectivity index (χ3n) is 10.8. The highest BCUT2D eigenvalue weighted by molar-refractivity contribution is 5.83. The molecule has 0 N–H and O–H groups in total. The lowest BCUT2D eigenvalue weighted by Gasteiger charge is -2.31. The van der Waals surface area contributed by atoms with Gasteiger partial charge in [0.25, 0.3) is 0 Å². The molecular formula is C50H42N6O. The third-order valence-corrected chi connectivity index (χ3v) is 10.8. The van der Waals surface area contributed by atoms with Crippen molar-refractivity contribution < 1.29 is 4.74 Å². The molecule has 0 saturated carbocycles. The summed E-state index contributed by atoms with van der Waals surface area (Å²) in [6.45, 7) is 0. The molecule has 3 aromatic heterocycles. The number of ether oxygens (including phenoxy) is 1. The van der Waals surface area contributed by atoms with E-state index in [0.717, 1.165) is 67.5 Å². The van der Waals surface area contributed by atoms with Crippen LogP contribution in [0.2, 0.25) is 0 Å². The maximum Gasteiger partial charge on any atom is 0.241 e. The number of nitrogens with zero attached hydrogens (tertiary/aromatic N) is 6. The van der Waals surface area contributed by atoms with Crippen LogP contribution < -0.4 is 0 Å². The fraction of sp³-hybridized carbons (Fsp3) is 0.100. The molecule has 0 atom stereocenters. The molecule has 6 aromatic carbocycles. The van der Waals surface area contributed by atoms with Gasteiger partial charge >= 0.3 is 0 Å². The summed E-state index contributed by atoms with van der Waals surface area (Å²) in [6.07, 6.45) is 0. The lowest BCUT2D eigenvalue weighted by Crippen LogP contribution is -2.40. The van der Waals surface area contributed by atoms with Gasteiger partial charge in [0.05, 0.1) is 34.2 Å². The Hall–Kier alpha value is -7.09. The van der Waals surface area contributed by atoms with Gasteiger partial charge in [-0.25, -0.2) is 15.0 Å². The standard InChI is InChI=1S/C50H42N6O/c1-54-44(38-29-17-8-18-30-38)41(35-23-11-5-12-24-35)51-47(54)50(57-4,48-52-42(36-25-13-6-14-26-36)45(55(48)2)39-31-19-9-20-32-39)49-53-43(37-27-15-7-16-28-37)46(56(49)3)40-33-21-10-22-34-40/h5-34H,1-4H3. The lowest BCUT2D eigenvalue weighted by atomic mass is 9.99. The first-order valence-electron chi connectivity index (χ1n) is 19.1. The molecule has 7 nitrogen and oxygen atoms in total. The zero-order chi connectivity index (χ0) is 38.9. The monoisotopic (exact) mass is 742 g/mol. The van der Waals surface area contributed by atoms with Gasteiger partial charge in [0, 0.05) is 61.6 Å². The summed E-state index contributed by atoms with van der Waals surface area (Å²) in [5.41, 5.74) is 10.0. The van der Waals surface area contributed by atoms with Crippen LogP contribution in [0.4, 0.5) is 0 Å². The van der Waals surface area contributed by atoms with Crippen LogP contribution in [0.15, 0.2) is 182 Å². The van der Waals surface area contributed by atoms with Gasteiger partial charge in [-0.2, -0.15) is 0 Å². The average Bonchev–Trinajstić information content (AvgIpc) is 3.94. The van der Waals surface area contributed by atoms with E-state index in [1.807, 2.05) is 36.4 Å². The van der Waals surface area contributed by atoms with Gasteiger partial charge in [0.1, 0.15) is 0 Å². The topological polar surface area (TPSA) is 62.7 Å². The minimum Gasteiger partial charge on any atom is -0.356 e. The van der Waals surface area contributed by atoms with Crippen molar-refractivity contribution in [3.63, 3.8) is 0 Å². The number of methoxy groups -OCH3 is 1. The van der Waals surface area contributed by atoms with Crippen LogP contribution in [0.5, 0.6) is 0 Å². The van der Waals surface area contributed by atoms with Gasteiger partial charge in [-0.1, -0.05) is 182 Å². The largest absolute Gasteiger partial charge is 0.356 e. The van der Waals surface area contributed by atoms with Crippen LogP contribution in [0.3, 0.4) is 0 Å². The van der Waals surface area contributed by atoms with Crippen LogP contribution in [-0.4, -0.2) is 35.8 Å². The Morgan fingerprint density at radius 3 is 0.754 bits per heavy atom. The van der Waals surface area contributed by atoms with Gasteiger partial charge in [-0.15, -0.1) is 0 Å². The summed E-state index contributed by atoms with van der Waals surface area (Å²) in [7, 11) is 7.97. The number of hydrogen-bond acceptors (Lipinski definition) is 4. The van der Waals surface area contributed by atoms with E-state index in [9.17, 15) is 0 Å². The van der Waals surface area contributed by atoms with Gasteiger partial charge < -0.3 is 18.4 Å². The highest BCUT2D eigenvalue weighted by Gasteiger charge is 2.50. The zero-order valence-corrected chi connectivity index (χ0v) is 32.4. The van der Waals surface area contributed by atoms with Crippen LogP contribution in [0, 0.1) is 0 Å². The van der Waals surface area contributed by atoms with E-state index < -0.39 is 5.60 Å². The Bertz CT molecular complexity index is 2470. The molecule has 9 aromatic rings. The summed E-state index contributed by atoms with van der Waals surface area (Å²) < 4.78 is 13.6. The Kier molecular flexibility index (Phi) is 9.28. The van der Waals surface area contributed by atoms with Gasteiger partial charge in [0.2, 0.25) is 5.60 Å². The highest BCUT2D eigenvalue weighted by Crippen LogP contribution is 2.47. The van der Waals surface area contributed by atoms with Crippen molar-refractivity contribution in [1.29, 1.82) is 0 Å². The molecule has 0 spiro atoms. The van der Waals surface area contributed by atoms with E-state index in [4.69, 9.17) is 19.7 Å². The van der Waals surface area contributed by atoms with E-state index in [1.54, 1.807) is 7.11 Å². The minimum atomic E-state index is -1.44. The normalized spacial score (nSPS) is 11.6. The van der Waals surface area contributed by atoms with Crippen molar-refractivity contribution >= 4 is 0 Å². The lowest BCUT2D eigenvalue weighted by molar-refractivity contribution is 0.0294. The van der Waals surface area contributed by atoms with E-state index in [1.165, 1.54) is 0 Å². The number of rotatable bonds is 10. The van der Waals surface area contributed by atoms with Crippen LogP contribution in [0.25, 0.3) is 67.5 Å². The SMILES string of the molecule is COC(c1nc(-c2ccccc2)c(-c2ccccc2)n1C)(c1nc(-c2ccccc2)c(-c2ccccc2)n1C)c1nc(-c2ccccc2)c(-c2ccccc2)n1C. The summed E-state index contributed by atoms with van der Waals surface area (Å²) >= 11 is 0. The maximum absolute atomic E-state index is 7.11. The molecule has 0 aliphatic carbocycles. The number of benzene rings is 6. The van der Waals surface area contributed by atoms with Crippen molar-refractivity contribution in [3.05, 3.63) is 199 Å². The second kappa shape index (κ2) is 14.9. The molecule has 0 aliphatic rings. The Balaban J connectivity index is 1.44. The molecule has 0 radical (unpaired) electrons. The number of imidazole rings is 3. The molecule has 0 unspecified atom stereocenters. The van der Waals surface area contributed by atoms with Crippen molar-refractivity contribution in [2.24, 2.45) is 21.1 Å². The highest BCUT2D eigenvalue weighted by atomic mass is 16.5. The summed E-state index contributed by atoms with van der Waals surface area (Å²) in [5.74, 6) is 1.92. The second-order valence-corrected chi connectivity index (χ2v) is 14.2. The first-order valence-corrected chi connectivity index (χ1v) is 19.1. The molecule has 0 amide bonds. The van der Waals surface area contributed by atoms with Crippen molar-refractivity contribution in [2.45, 2.75) is 5.60 Å². The smallest absolute Gasteiger partial charge is 0.241 e. The first kappa shape index (κ1) is 35.6. The molecular weight excluding hydrogens is 701 g/mol. The minimum absolute atomic E-state index is 0.641. The predicted octanol–water partition coefficient (Wildman–Crippen LogP) is 10.8. The van der Waals surface area contributed by atoms with E-state index in [2.05, 4.69) is 180 Å². The fourth-order valence-corrected chi connectivity index (χ4v) is 8.19. The molecule has 7 heteroatoms. The van der Waals surface area contributed by atoms with Crippen LogP contribution in [0.1, 0.15) is 17.5 Å². The van der Waals surface area contributed by atoms with Crippen molar-refractivity contribution in [2.75, 3.05) is 7.11 Å². The summed E-state index contributed by atoms with van der Waals surface area (Å²) in [5, 5.41) is 0. The molecule has 278 valence electrons. The fourth-order valence-electron chi connectivity index (χ4n) is 8.19. The Labute approximate surface area is 333 Å². The maximum atomic E-state index is 7.11. The molecule has 0 aliphatic heterocycles. The molecule has 0 fully saturated rings. The first-order chi connectivity index (χ1) is 28.0. The van der Waals surface area contributed by atoms with Crippen molar-refractivity contribution in [1.82, 2.24) is 28.7 Å². The van der Waals surface area contributed by atoms with Gasteiger partial charge in [0.15, 0.2) is 17.5 Å². The second-order valence-electron chi connectivity index (χ2n) is 14.2. The molecule has 9 rings (SSSR count). The molecule has 3 heterocycles. The quantitative estimate of drug-likeness (QED) is 0.140. The Morgan fingerprint density at radius 2 is 0.544 bits per heavy atom. The predicted molar refractivity (Wildman–Crippen MR) is 229 cm³/mol. The van der Waals surface area contributed by atoms with Crippen LogP contribution >= 0.6 is 0 Å². The third kappa shape index (κ3) is 6.00. The van der Waals surface area contributed by atoms with Crippen LogP contribution in [-0.2, 0) is 31.5 Å².